The van der Waals surface area contributed by atoms with Crippen LogP contribution in [0.5, 0.6) is 5.75 Å². The molecule has 0 N–H and O–H groups in total. The number of fused-ring (bicyclic) bond motifs is 1. The highest BCUT2D eigenvalue weighted by Gasteiger charge is 2.46. The molecule has 1 aromatic rings. The van der Waals surface area contributed by atoms with Crippen LogP contribution >= 0.6 is 0 Å². The molecule has 2 atom stereocenters. The predicted octanol–water partition coefficient (Wildman–Crippen LogP) is 3.07. The molecule has 2 aliphatic rings. The van der Waals surface area contributed by atoms with Crippen molar-refractivity contribution in [2.24, 2.45) is 5.92 Å². The van der Waals surface area contributed by atoms with Gasteiger partial charge in [-0.05, 0) is 56.5 Å². The number of likely N-dealkylation sites (tertiary alicyclic amines) is 1. The van der Waals surface area contributed by atoms with Crippen LogP contribution in [0.2, 0.25) is 0 Å². The van der Waals surface area contributed by atoms with Crippen LogP contribution in [-0.2, 0) is 5.41 Å². The van der Waals surface area contributed by atoms with Crippen molar-refractivity contribution in [3.05, 3.63) is 29.8 Å². The van der Waals surface area contributed by atoms with Crippen LogP contribution in [0.15, 0.2) is 24.3 Å². The Labute approximate surface area is 110 Å². The molecule has 0 radical (unpaired) electrons. The van der Waals surface area contributed by atoms with Crippen LogP contribution in [0.4, 0.5) is 0 Å². The second-order valence-electron chi connectivity index (χ2n) is 5.99. The normalized spacial score (nSPS) is 32.2. The van der Waals surface area contributed by atoms with Crippen molar-refractivity contribution >= 4 is 0 Å². The van der Waals surface area contributed by atoms with Gasteiger partial charge in [0.05, 0.1) is 7.11 Å². The average Bonchev–Trinajstić information content (AvgIpc) is 2.83. The largest absolute Gasteiger partial charge is 0.497 e. The molecular weight excluding hydrogens is 222 g/mol. The lowest BCUT2D eigenvalue weighted by molar-refractivity contribution is 0.133. The van der Waals surface area contributed by atoms with Crippen LogP contribution in [-0.4, -0.2) is 32.1 Å². The van der Waals surface area contributed by atoms with Crippen LogP contribution in [0.1, 0.15) is 31.2 Å². The molecular formula is C16H23NO. The van der Waals surface area contributed by atoms with E-state index in [1.54, 1.807) is 7.11 Å². The summed E-state index contributed by atoms with van der Waals surface area (Å²) in [5, 5.41) is 0. The smallest absolute Gasteiger partial charge is 0.119 e. The number of nitrogens with zero attached hydrogens (tertiary/aromatic N) is 1. The first-order chi connectivity index (χ1) is 8.74. The van der Waals surface area contributed by atoms with E-state index in [-0.39, 0.29) is 0 Å². The lowest BCUT2D eigenvalue weighted by Crippen LogP contribution is -2.45. The SMILES string of the molecule is COc1cccc([C@@]23CCC[C@@H]2CN(C)CC3)c1. The Balaban J connectivity index is 1.97. The quantitative estimate of drug-likeness (QED) is 0.794. The van der Waals surface area contributed by atoms with E-state index in [0.29, 0.717) is 5.41 Å². The van der Waals surface area contributed by atoms with Crippen LogP contribution in [0, 0.1) is 5.92 Å². The first-order valence-corrected chi connectivity index (χ1v) is 7.08. The van der Waals surface area contributed by atoms with Gasteiger partial charge in [-0.15, -0.1) is 0 Å². The minimum atomic E-state index is 0.432. The Morgan fingerprint density at radius 3 is 3.06 bits per heavy atom. The van der Waals surface area contributed by atoms with Gasteiger partial charge in [-0.2, -0.15) is 0 Å². The molecule has 1 aliphatic heterocycles. The molecule has 0 unspecified atom stereocenters. The molecule has 3 rings (SSSR count). The Bertz CT molecular complexity index is 431. The minimum Gasteiger partial charge on any atom is -0.497 e. The summed E-state index contributed by atoms with van der Waals surface area (Å²) in [6.45, 7) is 2.49. The van der Waals surface area contributed by atoms with Crippen molar-refractivity contribution in [3.8, 4) is 5.75 Å². The van der Waals surface area contributed by atoms with Gasteiger partial charge in [-0.3, -0.25) is 0 Å². The van der Waals surface area contributed by atoms with E-state index in [4.69, 9.17) is 4.74 Å². The lowest BCUT2D eigenvalue weighted by atomic mass is 9.68. The van der Waals surface area contributed by atoms with E-state index in [9.17, 15) is 0 Å². The predicted molar refractivity (Wildman–Crippen MR) is 74.1 cm³/mol. The van der Waals surface area contributed by atoms with Crippen LogP contribution in [0.3, 0.4) is 0 Å². The van der Waals surface area contributed by atoms with E-state index in [1.807, 2.05) is 0 Å². The molecule has 98 valence electrons. The zero-order valence-electron chi connectivity index (χ0n) is 11.5. The highest BCUT2D eigenvalue weighted by molar-refractivity contribution is 5.36. The van der Waals surface area contributed by atoms with Gasteiger partial charge < -0.3 is 9.64 Å². The number of benzene rings is 1. The van der Waals surface area contributed by atoms with Crippen LogP contribution in [0.25, 0.3) is 0 Å². The first kappa shape index (κ1) is 12.0. The summed E-state index contributed by atoms with van der Waals surface area (Å²) in [4.78, 5) is 2.49. The van der Waals surface area contributed by atoms with Gasteiger partial charge in [0.15, 0.2) is 0 Å². The van der Waals surface area contributed by atoms with Crippen molar-refractivity contribution in [3.63, 3.8) is 0 Å². The molecule has 0 aromatic heterocycles. The monoisotopic (exact) mass is 245 g/mol. The van der Waals surface area contributed by atoms with Crippen molar-refractivity contribution in [1.29, 1.82) is 0 Å². The molecule has 2 fully saturated rings. The number of hydrogen-bond donors (Lipinski definition) is 0. The summed E-state index contributed by atoms with van der Waals surface area (Å²) in [6.07, 6.45) is 5.44. The van der Waals surface area contributed by atoms with E-state index < -0.39 is 0 Å². The third-order valence-corrected chi connectivity index (χ3v) is 5.07. The molecule has 1 saturated carbocycles. The third kappa shape index (κ3) is 1.83. The van der Waals surface area contributed by atoms with E-state index in [1.165, 1.54) is 44.3 Å². The third-order valence-electron chi connectivity index (χ3n) is 5.07. The Hall–Kier alpha value is -1.02. The van der Waals surface area contributed by atoms with Crippen molar-refractivity contribution < 1.29 is 4.74 Å². The maximum Gasteiger partial charge on any atom is 0.119 e. The zero-order valence-corrected chi connectivity index (χ0v) is 11.5. The molecule has 1 aliphatic carbocycles. The Morgan fingerprint density at radius 2 is 2.22 bits per heavy atom. The van der Waals surface area contributed by atoms with Gasteiger partial charge in [0, 0.05) is 12.0 Å². The molecule has 1 aromatic carbocycles. The Morgan fingerprint density at radius 1 is 1.33 bits per heavy atom. The first-order valence-electron chi connectivity index (χ1n) is 7.08. The van der Waals surface area contributed by atoms with Gasteiger partial charge >= 0.3 is 0 Å². The summed E-state index contributed by atoms with van der Waals surface area (Å²) >= 11 is 0. The standard InChI is InChI=1S/C16H23NO/c1-17-10-9-16(8-4-6-14(16)12-17)13-5-3-7-15(11-13)18-2/h3,5,7,11,14H,4,6,8-10,12H2,1-2H3/t14-,16+/m1/s1. The van der Waals surface area contributed by atoms with Crippen LogP contribution < -0.4 is 4.74 Å². The zero-order chi connectivity index (χ0) is 12.6. The molecule has 18 heavy (non-hydrogen) atoms. The van der Waals surface area contributed by atoms with Gasteiger partial charge in [-0.1, -0.05) is 18.6 Å². The van der Waals surface area contributed by atoms with Crippen molar-refractivity contribution in [2.45, 2.75) is 31.1 Å². The van der Waals surface area contributed by atoms with Gasteiger partial charge in [0.1, 0.15) is 5.75 Å². The maximum atomic E-state index is 5.40. The number of hydrogen-bond acceptors (Lipinski definition) is 2. The number of rotatable bonds is 2. The summed E-state index contributed by atoms with van der Waals surface area (Å²) < 4.78 is 5.40. The number of ether oxygens (including phenoxy) is 1. The summed E-state index contributed by atoms with van der Waals surface area (Å²) in [7, 11) is 4.02. The van der Waals surface area contributed by atoms with Gasteiger partial charge in [0.2, 0.25) is 0 Å². The number of piperidine rings is 1. The van der Waals surface area contributed by atoms with E-state index in [2.05, 4.69) is 36.2 Å². The molecule has 2 nitrogen and oxygen atoms in total. The summed E-state index contributed by atoms with van der Waals surface area (Å²) in [6, 6.07) is 8.78. The highest BCUT2D eigenvalue weighted by Crippen LogP contribution is 2.50. The summed E-state index contributed by atoms with van der Waals surface area (Å²) in [5.41, 5.74) is 1.94. The maximum absolute atomic E-state index is 5.40. The van der Waals surface area contributed by atoms with Gasteiger partial charge in [0.25, 0.3) is 0 Å². The molecule has 1 heterocycles. The lowest BCUT2D eigenvalue weighted by Gasteiger charge is -2.44. The topological polar surface area (TPSA) is 12.5 Å². The second-order valence-corrected chi connectivity index (χ2v) is 5.99. The average molecular weight is 245 g/mol. The fourth-order valence-electron chi connectivity index (χ4n) is 4.05. The van der Waals surface area contributed by atoms with Crippen molar-refractivity contribution in [2.75, 3.05) is 27.2 Å². The Kier molecular flexibility index (Phi) is 3.06. The molecule has 1 saturated heterocycles. The molecule has 2 heteroatoms. The van der Waals surface area contributed by atoms with E-state index >= 15 is 0 Å². The van der Waals surface area contributed by atoms with E-state index in [0.717, 1.165) is 11.7 Å². The molecule has 0 spiro atoms. The fourth-order valence-corrected chi connectivity index (χ4v) is 4.05. The number of methoxy groups -OCH3 is 1. The highest BCUT2D eigenvalue weighted by atomic mass is 16.5. The van der Waals surface area contributed by atoms with Crippen molar-refractivity contribution in [1.82, 2.24) is 4.90 Å². The fraction of sp³-hybridized carbons (Fsp3) is 0.625. The summed E-state index contributed by atoms with van der Waals surface area (Å²) in [5.74, 6) is 1.84. The molecule has 0 bridgehead atoms. The molecule has 0 amide bonds. The minimum absolute atomic E-state index is 0.432. The second kappa shape index (κ2) is 4.58. The van der Waals surface area contributed by atoms with Gasteiger partial charge in [-0.25, -0.2) is 0 Å².